The van der Waals surface area contributed by atoms with E-state index in [4.69, 9.17) is 19.9 Å². The van der Waals surface area contributed by atoms with Gasteiger partial charge in [-0.15, -0.1) is 0 Å². The van der Waals surface area contributed by atoms with Crippen molar-refractivity contribution >= 4 is 73.4 Å². The largest absolute Gasteiger partial charge is 0.296 e. The SMILES string of the molecule is c1ccc(N2c3cc(-c4ccccn4)cc4c3B(c3cccnc32)c2cccc3c5c6nccnc6n(-c6ccccc6)c5n-4c23)cc1. The van der Waals surface area contributed by atoms with Crippen molar-refractivity contribution in [3.05, 3.63) is 146 Å². The number of anilines is 3. The van der Waals surface area contributed by atoms with Crippen LogP contribution in [0, 0.1) is 0 Å². The maximum atomic E-state index is 5.06. The number of hydrogen-bond acceptors (Lipinski definition) is 5. The van der Waals surface area contributed by atoms with Crippen molar-refractivity contribution in [2.24, 2.45) is 0 Å². The number of para-hydroxylation sites is 3. The van der Waals surface area contributed by atoms with Crippen molar-refractivity contribution in [3.8, 4) is 22.6 Å². The van der Waals surface area contributed by atoms with Gasteiger partial charge in [0.25, 0.3) is 6.71 Å². The summed E-state index contributed by atoms with van der Waals surface area (Å²) in [6.07, 6.45) is 7.34. The minimum atomic E-state index is -0.0193. The number of hydrogen-bond donors (Lipinski definition) is 0. The molecule has 2 aliphatic rings. The third-order valence-corrected chi connectivity index (χ3v) is 9.88. The molecule has 5 aromatic heterocycles. The highest BCUT2D eigenvalue weighted by Crippen LogP contribution is 2.44. The van der Waals surface area contributed by atoms with E-state index in [1.807, 2.05) is 24.5 Å². The minimum absolute atomic E-state index is 0.0193. The van der Waals surface area contributed by atoms with Gasteiger partial charge in [0, 0.05) is 58.5 Å². The van der Waals surface area contributed by atoms with E-state index in [1.54, 1.807) is 12.4 Å². The van der Waals surface area contributed by atoms with Gasteiger partial charge < -0.3 is 0 Å². The first-order valence-electron chi connectivity index (χ1n) is 16.1. The molecular weight excluding hydrogens is 589 g/mol. The summed E-state index contributed by atoms with van der Waals surface area (Å²) in [5.41, 5.74) is 13.9. The second-order valence-electron chi connectivity index (χ2n) is 12.3. The van der Waals surface area contributed by atoms with Gasteiger partial charge in [-0.25, -0.2) is 9.97 Å². The zero-order valence-electron chi connectivity index (χ0n) is 25.6. The molecule has 0 bridgehead atoms. The molecule has 222 valence electrons. The summed E-state index contributed by atoms with van der Waals surface area (Å²) in [6.45, 7) is -0.0193. The Morgan fingerprint density at radius 2 is 1.29 bits per heavy atom. The van der Waals surface area contributed by atoms with Crippen LogP contribution in [-0.2, 0) is 0 Å². The summed E-state index contributed by atoms with van der Waals surface area (Å²) < 4.78 is 4.73. The number of aromatic nitrogens is 6. The lowest BCUT2D eigenvalue weighted by molar-refractivity contribution is 1.05. The van der Waals surface area contributed by atoms with E-state index in [2.05, 4.69) is 123 Å². The lowest BCUT2D eigenvalue weighted by Crippen LogP contribution is -2.60. The zero-order chi connectivity index (χ0) is 31.3. The first-order chi connectivity index (χ1) is 23.9. The molecule has 0 unspecified atom stereocenters. The van der Waals surface area contributed by atoms with Crippen LogP contribution in [0.4, 0.5) is 17.2 Å². The Bertz CT molecular complexity index is 2740. The van der Waals surface area contributed by atoms with E-state index in [-0.39, 0.29) is 6.71 Å². The number of fused-ring (bicyclic) bond motifs is 9. The standard InChI is InChI=1S/C40H24BN7/c1-3-11-26(12-4-1)46-32-23-25(31-18-7-8-19-42-31)24-33-35(32)41(30-17-10-20-44-38(30)46)29-16-9-15-28-34-36-39(45-22-21-43-36)47(27-13-5-2-6-14-27)40(34)48(33)37(28)29/h1-24H. The zero-order valence-corrected chi connectivity index (χ0v) is 25.6. The fourth-order valence-electron chi connectivity index (χ4n) is 8.08. The van der Waals surface area contributed by atoms with E-state index in [9.17, 15) is 0 Å². The lowest BCUT2D eigenvalue weighted by atomic mass is 9.34. The summed E-state index contributed by atoms with van der Waals surface area (Å²) in [5.74, 6) is 0.942. The summed E-state index contributed by atoms with van der Waals surface area (Å²) >= 11 is 0. The summed E-state index contributed by atoms with van der Waals surface area (Å²) in [7, 11) is 0. The molecule has 2 aliphatic heterocycles. The van der Waals surface area contributed by atoms with Crippen LogP contribution in [0.3, 0.4) is 0 Å². The molecule has 48 heavy (non-hydrogen) atoms. The van der Waals surface area contributed by atoms with Crippen molar-refractivity contribution in [3.63, 3.8) is 0 Å². The molecule has 0 atom stereocenters. The molecule has 0 spiro atoms. The molecule has 0 fully saturated rings. The fourth-order valence-corrected chi connectivity index (χ4v) is 8.08. The molecule has 0 N–H and O–H groups in total. The number of pyridine rings is 2. The first-order valence-corrected chi connectivity index (χ1v) is 16.1. The molecule has 0 amide bonds. The lowest BCUT2D eigenvalue weighted by Gasteiger charge is -2.39. The van der Waals surface area contributed by atoms with Crippen molar-refractivity contribution in [2.75, 3.05) is 4.90 Å². The Balaban J connectivity index is 1.38. The van der Waals surface area contributed by atoms with Crippen molar-refractivity contribution in [1.29, 1.82) is 0 Å². The van der Waals surface area contributed by atoms with E-state index >= 15 is 0 Å². The topological polar surface area (TPSA) is 64.7 Å². The van der Waals surface area contributed by atoms with Crippen LogP contribution >= 0.6 is 0 Å². The Labute approximate surface area is 275 Å². The molecular formula is C40H24BN7. The second-order valence-corrected chi connectivity index (χ2v) is 12.3. The van der Waals surface area contributed by atoms with Gasteiger partial charge in [0.05, 0.1) is 16.6 Å². The molecule has 8 heteroatoms. The third kappa shape index (κ3) is 3.28. The van der Waals surface area contributed by atoms with Crippen LogP contribution in [-0.4, -0.2) is 35.8 Å². The van der Waals surface area contributed by atoms with Crippen molar-refractivity contribution in [2.45, 2.75) is 0 Å². The average molecular weight is 613 g/mol. The molecule has 11 rings (SSSR count). The van der Waals surface area contributed by atoms with Crippen molar-refractivity contribution < 1.29 is 0 Å². The number of rotatable bonds is 3. The summed E-state index contributed by atoms with van der Waals surface area (Å²) in [6, 6.07) is 42.8. The van der Waals surface area contributed by atoms with Gasteiger partial charge in [-0.3, -0.25) is 24.0 Å². The Morgan fingerprint density at radius 1 is 0.542 bits per heavy atom. The monoisotopic (exact) mass is 613 g/mol. The first kappa shape index (κ1) is 25.6. The van der Waals surface area contributed by atoms with Gasteiger partial charge in [0.15, 0.2) is 5.65 Å². The quantitative estimate of drug-likeness (QED) is 0.211. The van der Waals surface area contributed by atoms with E-state index in [1.165, 1.54) is 21.9 Å². The Kier molecular flexibility index (Phi) is 5.07. The van der Waals surface area contributed by atoms with Gasteiger partial charge in [-0.1, -0.05) is 66.7 Å². The highest BCUT2D eigenvalue weighted by molar-refractivity contribution is 7.00. The maximum absolute atomic E-state index is 5.06. The van der Waals surface area contributed by atoms with Gasteiger partial charge in [0.1, 0.15) is 17.0 Å². The van der Waals surface area contributed by atoms with E-state index < -0.39 is 0 Å². The smallest absolute Gasteiger partial charge is 0.254 e. The number of nitrogens with zero attached hydrogens (tertiary/aromatic N) is 7. The highest BCUT2D eigenvalue weighted by Gasteiger charge is 2.43. The van der Waals surface area contributed by atoms with E-state index in [0.717, 1.165) is 67.4 Å². The molecule has 9 aromatic rings. The third-order valence-electron chi connectivity index (χ3n) is 9.88. The Morgan fingerprint density at radius 3 is 2.12 bits per heavy atom. The highest BCUT2D eigenvalue weighted by atomic mass is 15.2. The second kappa shape index (κ2) is 9.50. The average Bonchev–Trinajstić information content (AvgIpc) is 3.68. The van der Waals surface area contributed by atoms with Crippen LogP contribution < -0.4 is 21.3 Å². The van der Waals surface area contributed by atoms with Crippen LogP contribution in [0.25, 0.3) is 55.7 Å². The van der Waals surface area contributed by atoms with Crippen LogP contribution in [0.5, 0.6) is 0 Å². The fraction of sp³-hybridized carbons (Fsp3) is 0. The van der Waals surface area contributed by atoms with Gasteiger partial charge in [-0.2, -0.15) is 0 Å². The molecule has 7 nitrogen and oxygen atoms in total. The molecule has 7 heterocycles. The summed E-state index contributed by atoms with van der Waals surface area (Å²) in [5, 5.41) is 2.26. The predicted octanol–water partition coefficient (Wildman–Crippen LogP) is 6.59. The predicted molar refractivity (Wildman–Crippen MR) is 194 cm³/mol. The van der Waals surface area contributed by atoms with E-state index in [0.29, 0.717) is 0 Å². The molecule has 0 saturated heterocycles. The minimum Gasteiger partial charge on any atom is -0.296 e. The Hall–Kier alpha value is -6.54. The van der Waals surface area contributed by atoms with Gasteiger partial charge in [-0.05, 0) is 71.0 Å². The number of benzene rings is 4. The van der Waals surface area contributed by atoms with Gasteiger partial charge >= 0.3 is 0 Å². The molecule has 0 saturated carbocycles. The molecule has 0 aliphatic carbocycles. The van der Waals surface area contributed by atoms with Crippen molar-refractivity contribution in [1.82, 2.24) is 29.1 Å². The maximum Gasteiger partial charge on any atom is 0.254 e. The van der Waals surface area contributed by atoms with Crippen LogP contribution in [0.15, 0.2) is 146 Å². The van der Waals surface area contributed by atoms with Crippen LogP contribution in [0.1, 0.15) is 0 Å². The summed E-state index contributed by atoms with van der Waals surface area (Å²) in [4.78, 5) is 22.1. The molecule has 0 radical (unpaired) electrons. The normalized spacial score (nSPS) is 12.9. The van der Waals surface area contributed by atoms with Gasteiger partial charge in [0.2, 0.25) is 0 Å². The van der Waals surface area contributed by atoms with Crippen LogP contribution in [0.2, 0.25) is 0 Å². The molecule has 4 aromatic carbocycles.